The average molecular weight is 266 g/mol. The van der Waals surface area contributed by atoms with Crippen molar-refractivity contribution in [2.45, 2.75) is 84.0 Å². The fourth-order valence-electron chi connectivity index (χ4n) is 4.24. The number of hydrogen-bond acceptors (Lipinski definition) is 3. The zero-order valence-corrected chi connectivity index (χ0v) is 13.4. The second-order valence-electron chi connectivity index (χ2n) is 7.94. The summed E-state index contributed by atoms with van der Waals surface area (Å²) in [6, 6.07) is 0.979. The minimum absolute atomic E-state index is 0.177. The number of Topliss-reactive ketones (excluding diaryl/α,β-unsaturated/α-hetero) is 1. The fraction of sp³-hybridized carbons (Fsp3) is 0.938. The number of likely N-dealkylation sites (tertiary alicyclic amines) is 1. The van der Waals surface area contributed by atoms with E-state index in [-0.39, 0.29) is 17.0 Å². The van der Waals surface area contributed by atoms with Crippen molar-refractivity contribution in [3.63, 3.8) is 0 Å². The lowest BCUT2D eigenvalue weighted by Gasteiger charge is -2.52. The van der Waals surface area contributed by atoms with E-state index in [1.54, 1.807) is 0 Å². The number of nitrogens with zero attached hydrogens (tertiary/aromatic N) is 1. The van der Waals surface area contributed by atoms with Crippen LogP contribution in [0.5, 0.6) is 0 Å². The molecule has 0 aliphatic carbocycles. The third kappa shape index (κ3) is 3.19. The molecule has 0 radical (unpaired) electrons. The number of ketones is 1. The Morgan fingerprint density at radius 2 is 1.63 bits per heavy atom. The molecule has 0 bridgehead atoms. The highest BCUT2D eigenvalue weighted by Gasteiger charge is 2.43. The Balaban J connectivity index is 2.15. The Morgan fingerprint density at radius 1 is 1.11 bits per heavy atom. The molecule has 0 unspecified atom stereocenters. The lowest BCUT2D eigenvalue weighted by atomic mass is 9.77. The maximum Gasteiger partial charge on any atom is 0.138 e. The molecule has 2 aliphatic rings. The molecule has 0 spiro atoms. The summed E-state index contributed by atoms with van der Waals surface area (Å²) in [5.41, 5.74) is 0.355. The van der Waals surface area contributed by atoms with Crippen LogP contribution < -0.4 is 5.32 Å². The van der Waals surface area contributed by atoms with Crippen LogP contribution in [0.15, 0.2) is 0 Å². The van der Waals surface area contributed by atoms with Crippen molar-refractivity contribution in [1.29, 1.82) is 0 Å². The van der Waals surface area contributed by atoms with E-state index in [0.717, 1.165) is 13.0 Å². The third-order valence-corrected chi connectivity index (χ3v) is 5.01. The van der Waals surface area contributed by atoms with Crippen LogP contribution in [0, 0.1) is 5.92 Å². The van der Waals surface area contributed by atoms with Gasteiger partial charge in [-0.25, -0.2) is 0 Å². The maximum absolute atomic E-state index is 11.8. The van der Waals surface area contributed by atoms with Crippen LogP contribution in [-0.4, -0.2) is 40.4 Å². The van der Waals surface area contributed by atoms with Crippen LogP contribution in [0.25, 0.3) is 0 Å². The molecule has 2 aliphatic heterocycles. The summed E-state index contributed by atoms with van der Waals surface area (Å²) < 4.78 is 0. The van der Waals surface area contributed by atoms with Crippen molar-refractivity contribution in [2.24, 2.45) is 5.92 Å². The summed E-state index contributed by atoms with van der Waals surface area (Å²) >= 11 is 0. The van der Waals surface area contributed by atoms with E-state index >= 15 is 0 Å². The zero-order chi connectivity index (χ0) is 14.4. The Hall–Kier alpha value is -0.410. The predicted molar refractivity (Wildman–Crippen MR) is 79.3 cm³/mol. The summed E-state index contributed by atoms with van der Waals surface area (Å²) in [6.45, 7) is 14.4. The number of carbonyl (C=O) groups is 1. The molecule has 110 valence electrons. The van der Waals surface area contributed by atoms with Crippen molar-refractivity contribution >= 4 is 5.78 Å². The molecule has 2 fully saturated rings. The number of carbonyl (C=O) groups excluding carboxylic acids is 1. The molecule has 0 aromatic rings. The number of rotatable bonds is 1. The van der Waals surface area contributed by atoms with E-state index in [1.807, 2.05) is 0 Å². The van der Waals surface area contributed by atoms with Crippen molar-refractivity contribution in [2.75, 3.05) is 6.54 Å². The molecule has 19 heavy (non-hydrogen) atoms. The normalized spacial score (nSPS) is 36.4. The van der Waals surface area contributed by atoms with Gasteiger partial charge in [0.05, 0.1) is 0 Å². The van der Waals surface area contributed by atoms with Crippen LogP contribution in [0.3, 0.4) is 0 Å². The molecule has 3 heteroatoms. The third-order valence-electron chi connectivity index (χ3n) is 5.01. The van der Waals surface area contributed by atoms with Crippen molar-refractivity contribution in [1.82, 2.24) is 10.2 Å². The van der Waals surface area contributed by atoms with Gasteiger partial charge in [0.25, 0.3) is 0 Å². The molecule has 0 aromatic carbocycles. The predicted octanol–water partition coefficient (Wildman–Crippen LogP) is 2.60. The van der Waals surface area contributed by atoms with Crippen LogP contribution >= 0.6 is 0 Å². The van der Waals surface area contributed by atoms with E-state index in [0.29, 0.717) is 17.9 Å². The molecule has 1 N–H and O–H groups in total. The molecular weight excluding hydrogens is 236 g/mol. The van der Waals surface area contributed by atoms with Gasteiger partial charge >= 0.3 is 0 Å². The standard InChI is InChI=1S/C16H30N2O/c1-11-12(2)18(8-7-14(11)19)13-9-15(3,4)17-16(5,6)10-13/h11-13,17H,7-10H2,1-6H3/t11-,12+/m1/s1. The molecule has 2 heterocycles. The van der Waals surface area contributed by atoms with Crippen molar-refractivity contribution in [3.8, 4) is 0 Å². The van der Waals surface area contributed by atoms with Gasteiger partial charge in [0.1, 0.15) is 5.78 Å². The molecule has 2 atom stereocenters. The van der Waals surface area contributed by atoms with E-state index in [1.165, 1.54) is 12.8 Å². The van der Waals surface area contributed by atoms with Crippen LogP contribution in [-0.2, 0) is 4.79 Å². The van der Waals surface area contributed by atoms with Gasteiger partial charge in [-0.15, -0.1) is 0 Å². The number of piperidine rings is 2. The summed E-state index contributed by atoms with van der Waals surface area (Å²) in [5.74, 6) is 0.631. The first-order chi connectivity index (χ1) is 8.61. The first kappa shape index (κ1) is 15.0. The fourth-order valence-corrected chi connectivity index (χ4v) is 4.24. The van der Waals surface area contributed by atoms with Gasteiger partial charge in [0, 0.05) is 42.0 Å². The summed E-state index contributed by atoms with van der Waals surface area (Å²) in [7, 11) is 0. The summed E-state index contributed by atoms with van der Waals surface area (Å²) in [4.78, 5) is 14.4. The lowest BCUT2D eigenvalue weighted by Crippen LogP contribution is -2.64. The maximum atomic E-state index is 11.8. The van der Waals surface area contributed by atoms with E-state index < -0.39 is 0 Å². The highest BCUT2D eigenvalue weighted by Crippen LogP contribution is 2.35. The highest BCUT2D eigenvalue weighted by molar-refractivity contribution is 5.82. The van der Waals surface area contributed by atoms with Crippen molar-refractivity contribution < 1.29 is 4.79 Å². The average Bonchev–Trinajstić information content (AvgIpc) is 2.21. The van der Waals surface area contributed by atoms with Gasteiger partial charge in [0.2, 0.25) is 0 Å². The highest BCUT2D eigenvalue weighted by atomic mass is 16.1. The molecule has 0 saturated carbocycles. The summed E-state index contributed by atoms with van der Waals surface area (Å²) in [6.07, 6.45) is 3.07. The Morgan fingerprint density at radius 3 is 2.16 bits per heavy atom. The van der Waals surface area contributed by atoms with Gasteiger partial charge < -0.3 is 5.32 Å². The quantitative estimate of drug-likeness (QED) is 0.792. The van der Waals surface area contributed by atoms with E-state index in [4.69, 9.17) is 0 Å². The first-order valence-corrected chi connectivity index (χ1v) is 7.69. The van der Waals surface area contributed by atoms with Gasteiger partial charge in [-0.3, -0.25) is 9.69 Å². The lowest BCUT2D eigenvalue weighted by molar-refractivity contribution is -0.129. The van der Waals surface area contributed by atoms with E-state index in [2.05, 4.69) is 51.8 Å². The second-order valence-corrected chi connectivity index (χ2v) is 7.94. The monoisotopic (exact) mass is 266 g/mol. The Labute approximate surface area is 118 Å². The van der Waals surface area contributed by atoms with Crippen LogP contribution in [0.2, 0.25) is 0 Å². The smallest absolute Gasteiger partial charge is 0.138 e. The molecular formula is C16H30N2O. The van der Waals surface area contributed by atoms with Gasteiger partial charge in [-0.05, 0) is 47.5 Å². The molecule has 0 aromatic heterocycles. The second kappa shape index (κ2) is 4.85. The topological polar surface area (TPSA) is 32.3 Å². The van der Waals surface area contributed by atoms with Crippen LogP contribution in [0.4, 0.5) is 0 Å². The van der Waals surface area contributed by atoms with Gasteiger partial charge in [-0.2, -0.15) is 0 Å². The van der Waals surface area contributed by atoms with Gasteiger partial charge in [0.15, 0.2) is 0 Å². The number of nitrogens with one attached hydrogen (secondary N) is 1. The molecule has 2 saturated heterocycles. The Bertz CT molecular complexity index is 346. The van der Waals surface area contributed by atoms with Crippen molar-refractivity contribution in [3.05, 3.63) is 0 Å². The van der Waals surface area contributed by atoms with Gasteiger partial charge in [-0.1, -0.05) is 6.92 Å². The Kier molecular flexibility index (Phi) is 3.83. The minimum Gasteiger partial charge on any atom is -0.307 e. The summed E-state index contributed by atoms with van der Waals surface area (Å²) in [5, 5.41) is 3.74. The zero-order valence-electron chi connectivity index (χ0n) is 13.4. The first-order valence-electron chi connectivity index (χ1n) is 7.69. The van der Waals surface area contributed by atoms with Crippen LogP contribution in [0.1, 0.15) is 60.8 Å². The molecule has 3 nitrogen and oxygen atoms in total. The SMILES string of the molecule is C[C@H]1C(=O)CCN(C2CC(C)(C)NC(C)(C)C2)[C@H]1C. The van der Waals surface area contributed by atoms with E-state index in [9.17, 15) is 4.79 Å². The number of hydrogen-bond donors (Lipinski definition) is 1. The molecule has 2 rings (SSSR count). The minimum atomic E-state index is 0.177. The largest absolute Gasteiger partial charge is 0.307 e. The molecule has 0 amide bonds.